The molecule has 0 aliphatic heterocycles. The number of aliphatic hydroxyl groups is 1. The normalized spacial score (nSPS) is 22.5. The van der Waals surface area contributed by atoms with Gasteiger partial charge in [-0.25, -0.2) is 0 Å². The highest BCUT2D eigenvalue weighted by atomic mass is 16.3. The molecule has 1 amide bonds. The number of carbonyl (C=O) groups excluding carboxylic acids is 1. The molecule has 2 unspecified atom stereocenters. The van der Waals surface area contributed by atoms with Gasteiger partial charge in [0.15, 0.2) is 0 Å². The predicted molar refractivity (Wildman–Crippen MR) is 72.0 cm³/mol. The fourth-order valence-electron chi connectivity index (χ4n) is 2.64. The highest BCUT2D eigenvalue weighted by Crippen LogP contribution is 2.26. The van der Waals surface area contributed by atoms with Crippen molar-refractivity contribution in [2.45, 2.75) is 25.4 Å². The molecule has 19 heavy (non-hydrogen) atoms. The zero-order chi connectivity index (χ0) is 14.0. The van der Waals surface area contributed by atoms with E-state index >= 15 is 0 Å². The molecule has 1 aliphatic rings. The van der Waals surface area contributed by atoms with Crippen LogP contribution in [0.3, 0.4) is 0 Å². The Morgan fingerprint density at radius 2 is 2.21 bits per heavy atom. The molecule has 1 saturated carbocycles. The van der Waals surface area contributed by atoms with Gasteiger partial charge in [0, 0.05) is 32.6 Å². The van der Waals surface area contributed by atoms with Crippen LogP contribution in [0.4, 0.5) is 0 Å². The minimum atomic E-state index is -0.310. The van der Waals surface area contributed by atoms with Crippen LogP contribution in [0.25, 0.3) is 0 Å². The van der Waals surface area contributed by atoms with Crippen LogP contribution in [-0.2, 0) is 7.05 Å². The average Bonchev–Trinajstić information content (AvgIpc) is 2.77. The van der Waals surface area contributed by atoms with Crippen LogP contribution in [0, 0.1) is 5.92 Å². The fourth-order valence-corrected chi connectivity index (χ4v) is 2.64. The largest absolute Gasteiger partial charge is 0.393 e. The first kappa shape index (κ1) is 13.8. The third-order valence-corrected chi connectivity index (χ3v) is 3.88. The Morgan fingerprint density at radius 3 is 2.84 bits per heavy atom. The van der Waals surface area contributed by atoms with Crippen molar-refractivity contribution in [2.24, 2.45) is 13.0 Å². The second-order valence-electron chi connectivity index (χ2n) is 5.25. The molecule has 1 aliphatic carbocycles. The van der Waals surface area contributed by atoms with Gasteiger partial charge in [0.1, 0.15) is 5.69 Å². The Hall–Kier alpha value is -1.62. The number of aliphatic hydroxyl groups excluding tert-OH is 1. The molecule has 1 aromatic rings. The number of hydrogen-bond acceptors (Lipinski definition) is 3. The molecule has 5 heteroatoms. The Bertz CT molecular complexity index is 524. The summed E-state index contributed by atoms with van der Waals surface area (Å²) in [6.07, 6.45) is 2.47. The van der Waals surface area contributed by atoms with Gasteiger partial charge in [0.2, 0.25) is 0 Å². The quantitative estimate of drug-likeness (QED) is 0.870. The number of pyridine rings is 1. The zero-order valence-corrected chi connectivity index (χ0v) is 11.4. The molecular weight excluding hydrogens is 244 g/mol. The summed E-state index contributed by atoms with van der Waals surface area (Å²) in [4.78, 5) is 25.4. The van der Waals surface area contributed by atoms with E-state index in [1.54, 1.807) is 31.1 Å². The van der Waals surface area contributed by atoms with E-state index in [1.165, 1.54) is 10.6 Å². The molecule has 0 aromatic carbocycles. The van der Waals surface area contributed by atoms with Gasteiger partial charge in [-0.05, 0) is 18.9 Å². The molecule has 2 rings (SSSR count). The standard InChI is InChI=1S/C14H20N2O3/c1-15(9-10-5-3-7-12(10)17)14(19)11-6-4-8-13(18)16(11)2/h4,6,8,10,12,17H,3,5,7,9H2,1-2H3. The Labute approximate surface area is 112 Å². The summed E-state index contributed by atoms with van der Waals surface area (Å²) < 4.78 is 1.35. The molecule has 5 nitrogen and oxygen atoms in total. The lowest BCUT2D eigenvalue weighted by molar-refractivity contribution is 0.0683. The number of amides is 1. The molecule has 0 saturated heterocycles. The van der Waals surface area contributed by atoms with Gasteiger partial charge in [0.05, 0.1) is 6.10 Å². The van der Waals surface area contributed by atoms with Crippen LogP contribution in [0.15, 0.2) is 23.0 Å². The molecule has 1 N–H and O–H groups in total. The number of hydrogen-bond donors (Lipinski definition) is 1. The number of carbonyl (C=O) groups is 1. The van der Waals surface area contributed by atoms with E-state index in [0.29, 0.717) is 12.2 Å². The highest BCUT2D eigenvalue weighted by Gasteiger charge is 2.28. The first-order valence-corrected chi connectivity index (χ1v) is 6.60. The van der Waals surface area contributed by atoms with Crippen molar-refractivity contribution in [1.82, 2.24) is 9.47 Å². The van der Waals surface area contributed by atoms with Gasteiger partial charge in [0.25, 0.3) is 11.5 Å². The first-order valence-electron chi connectivity index (χ1n) is 6.60. The SMILES string of the molecule is CN(CC1CCCC1O)C(=O)c1cccc(=O)n1C. The van der Waals surface area contributed by atoms with E-state index in [9.17, 15) is 14.7 Å². The summed E-state index contributed by atoms with van der Waals surface area (Å²) >= 11 is 0. The van der Waals surface area contributed by atoms with Gasteiger partial charge in [-0.3, -0.25) is 9.59 Å². The van der Waals surface area contributed by atoms with Crippen LogP contribution >= 0.6 is 0 Å². The molecule has 0 bridgehead atoms. The number of aromatic nitrogens is 1. The molecule has 0 radical (unpaired) electrons. The summed E-state index contributed by atoms with van der Waals surface area (Å²) in [6.45, 7) is 0.531. The van der Waals surface area contributed by atoms with Crippen molar-refractivity contribution in [1.29, 1.82) is 0 Å². The molecule has 2 atom stereocenters. The van der Waals surface area contributed by atoms with E-state index in [4.69, 9.17) is 0 Å². The van der Waals surface area contributed by atoms with E-state index in [2.05, 4.69) is 0 Å². The van der Waals surface area contributed by atoms with Crippen LogP contribution in [0.1, 0.15) is 29.8 Å². The maximum atomic E-state index is 12.3. The Balaban J connectivity index is 2.10. The van der Waals surface area contributed by atoms with E-state index in [-0.39, 0.29) is 23.5 Å². The van der Waals surface area contributed by atoms with Gasteiger partial charge in [-0.2, -0.15) is 0 Å². The maximum Gasteiger partial charge on any atom is 0.270 e. The molecular formula is C14H20N2O3. The van der Waals surface area contributed by atoms with Crippen LogP contribution in [0.5, 0.6) is 0 Å². The van der Waals surface area contributed by atoms with Crippen molar-refractivity contribution < 1.29 is 9.90 Å². The van der Waals surface area contributed by atoms with Gasteiger partial charge < -0.3 is 14.6 Å². The molecule has 1 fully saturated rings. The second kappa shape index (κ2) is 5.57. The van der Waals surface area contributed by atoms with Gasteiger partial charge in [-0.1, -0.05) is 12.5 Å². The summed E-state index contributed by atoms with van der Waals surface area (Å²) in [6, 6.07) is 4.66. The van der Waals surface area contributed by atoms with Crippen LogP contribution in [0.2, 0.25) is 0 Å². The summed E-state index contributed by atoms with van der Waals surface area (Å²) in [5.41, 5.74) is 0.183. The third kappa shape index (κ3) is 2.87. The maximum absolute atomic E-state index is 12.3. The van der Waals surface area contributed by atoms with Crippen molar-refractivity contribution in [2.75, 3.05) is 13.6 Å². The number of rotatable bonds is 3. The number of nitrogens with zero attached hydrogens (tertiary/aromatic N) is 2. The monoisotopic (exact) mass is 264 g/mol. The van der Waals surface area contributed by atoms with E-state index < -0.39 is 0 Å². The van der Waals surface area contributed by atoms with Crippen LogP contribution in [-0.4, -0.2) is 40.2 Å². The van der Waals surface area contributed by atoms with Crippen molar-refractivity contribution in [3.8, 4) is 0 Å². The average molecular weight is 264 g/mol. The van der Waals surface area contributed by atoms with E-state index in [1.807, 2.05) is 0 Å². The summed E-state index contributed by atoms with van der Waals surface area (Å²) in [7, 11) is 3.30. The lowest BCUT2D eigenvalue weighted by Crippen LogP contribution is -2.37. The second-order valence-corrected chi connectivity index (χ2v) is 5.25. The Kier molecular flexibility index (Phi) is 4.04. The molecule has 104 valence electrons. The zero-order valence-electron chi connectivity index (χ0n) is 11.4. The molecule has 0 spiro atoms. The smallest absolute Gasteiger partial charge is 0.270 e. The highest BCUT2D eigenvalue weighted by molar-refractivity contribution is 5.92. The van der Waals surface area contributed by atoms with Crippen molar-refractivity contribution >= 4 is 5.91 Å². The van der Waals surface area contributed by atoms with Gasteiger partial charge >= 0.3 is 0 Å². The van der Waals surface area contributed by atoms with Crippen LogP contribution < -0.4 is 5.56 Å². The molecule has 1 heterocycles. The van der Waals surface area contributed by atoms with Crippen molar-refractivity contribution in [3.63, 3.8) is 0 Å². The van der Waals surface area contributed by atoms with E-state index in [0.717, 1.165) is 19.3 Å². The Morgan fingerprint density at radius 1 is 1.47 bits per heavy atom. The first-order chi connectivity index (χ1) is 9.00. The van der Waals surface area contributed by atoms with Gasteiger partial charge in [-0.15, -0.1) is 0 Å². The fraction of sp³-hybridized carbons (Fsp3) is 0.571. The lowest BCUT2D eigenvalue weighted by atomic mass is 10.1. The van der Waals surface area contributed by atoms with Crippen molar-refractivity contribution in [3.05, 3.63) is 34.2 Å². The predicted octanol–water partition coefficient (Wildman–Crippen LogP) is 0.618. The summed E-state index contributed by atoms with van der Waals surface area (Å²) in [5.74, 6) is -0.0333. The topological polar surface area (TPSA) is 62.5 Å². The summed E-state index contributed by atoms with van der Waals surface area (Å²) in [5, 5.41) is 9.80. The minimum Gasteiger partial charge on any atom is -0.393 e. The molecule has 1 aromatic heterocycles. The minimum absolute atomic E-state index is 0.148. The third-order valence-electron chi connectivity index (χ3n) is 3.88. The lowest BCUT2D eigenvalue weighted by Gasteiger charge is -2.24.